The van der Waals surface area contributed by atoms with E-state index in [1.165, 1.54) is 25.1 Å². The van der Waals surface area contributed by atoms with Crippen molar-refractivity contribution in [2.75, 3.05) is 49.5 Å². The van der Waals surface area contributed by atoms with Gasteiger partial charge in [-0.25, -0.2) is 0 Å². The molecule has 4 rings (SSSR count). The van der Waals surface area contributed by atoms with Gasteiger partial charge in [-0.1, -0.05) is 6.07 Å². The molecule has 5 heteroatoms. The minimum Gasteiger partial charge on any atom is -0.369 e. The van der Waals surface area contributed by atoms with Crippen molar-refractivity contribution < 1.29 is 9.53 Å². The van der Waals surface area contributed by atoms with Gasteiger partial charge in [0.15, 0.2) is 0 Å². The van der Waals surface area contributed by atoms with Crippen LogP contribution in [-0.4, -0.2) is 56.2 Å². The summed E-state index contributed by atoms with van der Waals surface area (Å²) in [6.07, 6.45) is 4.37. The van der Waals surface area contributed by atoms with Crippen LogP contribution >= 0.6 is 0 Å². The second-order valence-electron chi connectivity index (χ2n) is 7.27. The fourth-order valence-corrected chi connectivity index (χ4v) is 3.64. The zero-order valence-corrected chi connectivity index (χ0v) is 14.2. The maximum absolute atomic E-state index is 12.2. The minimum absolute atomic E-state index is 0.0149. The molecule has 1 atom stereocenters. The summed E-state index contributed by atoms with van der Waals surface area (Å²) < 4.78 is 5.45. The predicted octanol–water partition coefficient (Wildman–Crippen LogP) is 2.34. The number of carbonyl (C=O) groups excluding carboxylic acids is 1. The number of carbonyl (C=O) groups is 1. The lowest BCUT2D eigenvalue weighted by molar-refractivity contribution is -0.124. The number of hydrogen-bond donors (Lipinski definition) is 1. The number of amides is 1. The molecular weight excluding hydrogens is 302 g/mol. The topological polar surface area (TPSA) is 44.8 Å². The number of piperazine rings is 1. The van der Waals surface area contributed by atoms with Crippen LogP contribution in [0.15, 0.2) is 24.3 Å². The highest BCUT2D eigenvalue weighted by molar-refractivity contribution is 5.94. The highest BCUT2D eigenvalue weighted by atomic mass is 16.5. The molecule has 0 bridgehead atoms. The first-order chi connectivity index (χ1) is 11.8. The second kappa shape index (κ2) is 7.11. The molecular formula is C19H27N3O2. The normalized spacial score (nSPS) is 25.0. The molecule has 5 nitrogen and oxygen atoms in total. The largest absolute Gasteiger partial charge is 0.369 e. The molecule has 24 heavy (non-hydrogen) atoms. The van der Waals surface area contributed by atoms with Crippen LogP contribution in [0.2, 0.25) is 0 Å². The fraction of sp³-hybridized carbons (Fsp3) is 0.632. The van der Waals surface area contributed by atoms with Gasteiger partial charge in [0.05, 0.1) is 0 Å². The van der Waals surface area contributed by atoms with E-state index in [-0.39, 0.29) is 12.0 Å². The Morgan fingerprint density at radius 2 is 2.00 bits per heavy atom. The summed E-state index contributed by atoms with van der Waals surface area (Å²) in [6.45, 7) is 6.40. The van der Waals surface area contributed by atoms with E-state index in [1.807, 2.05) is 12.1 Å². The summed E-state index contributed by atoms with van der Waals surface area (Å²) in [4.78, 5) is 17.2. The molecule has 1 aliphatic carbocycles. The Morgan fingerprint density at radius 1 is 1.17 bits per heavy atom. The molecule has 2 aliphatic heterocycles. The first-order valence-corrected chi connectivity index (χ1v) is 9.28. The summed E-state index contributed by atoms with van der Waals surface area (Å²) in [5, 5.41) is 3.01. The molecule has 2 heterocycles. The molecule has 0 spiro atoms. The number of ether oxygens (including phenoxy) is 1. The van der Waals surface area contributed by atoms with Gasteiger partial charge in [0.25, 0.3) is 5.91 Å². The molecule has 0 unspecified atom stereocenters. The number of anilines is 2. The molecule has 3 fully saturated rings. The Morgan fingerprint density at radius 3 is 2.71 bits per heavy atom. The van der Waals surface area contributed by atoms with Crippen molar-refractivity contribution in [3.63, 3.8) is 0 Å². The van der Waals surface area contributed by atoms with Crippen LogP contribution in [0.1, 0.15) is 25.7 Å². The molecule has 1 aromatic carbocycles. The van der Waals surface area contributed by atoms with Gasteiger partial charge in [-0.05, 0) is 49.8 Å². The van der Waals surface area contributed by atoms with Crippen molar-refractivity contribution in [2.24, 2.45) is 5.92 Å². The maximum Gasteiger partial charge on any atom is 0.253 e. The van der Waals surface area contributed by atoms with Crippen LogP contribution in [0, 0.1) is 5.92 Å². The Kier molecular flexibility index (Phi) is 4.72. The summed E-state index contributed by atoms with van der Waals surface area (Å²) in [5.74, 6) is 0.951. The first-order valence-electron chi connectivity index (χ1n) is 9.28. The Bertz CT molecular complexity index is 574. The molecule has 1 aromatic rings. The van der Waals surface area contributed by atoms with Gasteiger partial charge < -0.3 is 15.0 Å². The van der Waals surface area contributed by atoms with Crippen molar-refractivity contribution in [3.8, 4) is 0 Å². The van der Waals surface area contributed by atoms with E-state index >= 15 is 0 Å². The Balaban J connectivity index is 1.33. The van der Waals surface area contributed by atoms with Crippen molar-refractivity contribution >= 4 is 17.3 Å². The third-order valence-electron chi connectivity index (χ3n) is 5.29. The van der Waals surface area contributed by atoms with E-state index < -0.39 is 0 Å². The van der Waals surface area contributed by atoms with Crippen LogP contribution in [0.5, 0.6) is 0 Å². The average molecular weight is 329 g/mol. The van der Waals surface area contributed by atoms with Gasteiger partial charge in [-0.15, -0.1) is 0 Å². The number of hydrogen-bond acceptors (Lipinski definition) is 4. The van der Waals surface area contributed by atoms with E-state index in [1.54, 1.807) is 0 Å². The highest BCUT2D eigenvalue weighted by Gasteiger charge is 2.27. The van der Waals surface area contributed by atoms with E-state index in [9.17, 15) is 4.79 Å². The quantitative estimate of drug-likeness (QED) is 0.900. The first kappa shape index (κ1) is 15.9. The van der Waals surface area contributed by atoms with Gasteiger partial charge in [-0.2, -0.15) is 0 Å². The lowest BCUT2D eigenvalue weighted by atomic mass is 10.2. The van der Waals surface area contributed by atoms with Crippen molar-refractivity contribution in [1.82, 2.24) is 4.90 Å². The van der Waals surface area contributed by atoms with Gasteiger partial charge in [0.1, 0.15) is 6.10 Å². The fourth-order valence-electron chi connectivity index (χ4n) is 3.64. The van der Waals surface area contributed by atoms with E-state index in [2.05, 4.69) is 27.2 Å². The number of nitrogens with zero attached hydrogens (tertiary/aromatic N) is 2. The lowest BCUT2D eigenvalue weighted by Gasteiger charge is -2.36. The Hall–Kier alpha value is -1.59. The zero-order chi connectivity index (χ0) is 16.4. The molecule has 1 amide bonds. The molecule has 0 radical (unpaired) electrons. The second-order valence-corrected chi connectivity index (χ2v) is 7.27. The monoisotopic (exact) mass is 329 g/mol. The maximum atomic E-state index is 12.2. The molecule has 0 aromatic heterocycles. The average Bonchev–Trinajstić information content (AvgIpc) is 3.24. The molecule has 3 aliphatic rings. The predicted molar refractivity (Wildman–Crippen MR) is 95.4 cm³/mol. The highest BCUT2D eigenvalue weighted by Crippen LogP contribution is 2.30. The third kappa shape index (κ3) is 3.90. The third-order valence-corrected chi connectivity index (χ3v) is 5.29. The Labute approximate surface area is 144 Å². The minimum atomic E-state index is -0.278. The molecule has 1 saturated carbocycles. The number of benzene rings is 1. The molecule has 2 saturated heterocycles. The van der Waals surface area contributed by atoms with Crippen LogP contribution in [0.3, 0.4) is 0 Å². The van der Waals surface area contributed by atoms with E-state index in [0.29, 0.717) is 6.61 Å². The van der Waals surface area contributed by atoms with Gasteiger partial charge in [0, 0.05) is 50.7 Å². The number of rotatable bonds is 5. The van der Waals surface area contributed by atoms with Crippen molar-refractivity contribution in [1.29, 1.82) is 0 Å². The van der Waals surface area contributed by atoms with Gasteiger partial charge in [0.2, 0.25) is 0 Å². The lowest BCUT2D eigenvalue weighted by Crippen LogP contribution is -2.47. The van der Waals surface area contributed by atoms with Crippen LogP contribution in [0.25, 0.3) is 0 Å². The molecule has 1 N–H and O–H groups in total. The summed E-state index contributed by atoms with van der Waals surface area (Å²) in [6, 6.07) is 8.21. The smallest absolute Gasteiger partial charge is 0.253 e. The van der Waals surface area contributed by atoms with Crippen LogP contribution in [0.4, 0.5) is 11.4 Å². The van der Waals surface area contributed by atoms with Crippen LogP contribution < -0.4 is 10.2 Å². The SMILES string of the molecule is O=C(Nc1cccc(N2CCN(CC3CC3)CC2)c1)[C@@H]1CCCO1. The summed E-state index contributed by atoms with van der Waals surface area (Å²) in [7, 11) is 0. The van der Waals surface area contributed by atoms with Gasteiger partial charge in [-0.3, -0.25) is 9.69 Å². The summed E-state index contributed by atoms with van der Waals surface area (Å²) >= 11 is 0. The van der Waals surface area contributed by atoms with Crippen molar-refractivity contribution in [2.45, 2.75) is 31.8 Å². The molecule has 130 valence electrons. The number of nitrogens with one attached hydrogen (secondary N) is 1. The van der Waals surface area contributed by atoms with E-state index in [4.69, 9.17) is 4.74 Å². The van der Waals surface area contributed by atoms with Crippen molar-refractivity contribution in [3.05, 3.63) is 24.3 Å². The summed E-state index contributed by atoms with van der Waals surface area (Å²) in [5.41, 5.74) is 2.07. The zero-order valence-electron chi connectivity index (χ0n) is 14.2. The standard InChI is InChI=1S/C19H27N3O2/c23-19(18-5-2-12-24-18)20-16-3-1-4-17(13-16)22-10-8-21(9-11-22)14-15-6-7-15/h1,3-4,13,15,18H,2,5-12,14H2,(H,20,23)/t18-/m0/s1. The van der Waals surface area contributed by atoms with Gasteiger partial charge >= 0.3 is 0 Å². The van der Waals surface area contributed by atoms with Crippen LogP contribution in [-0.2, 0) is 9.53 Å². The van der Waals surface area contributed by atoms with E-state index in [0.717, 1.165) is 50.6 Å².